The lowest BCUT2D eigenvalue weighted by Crippen LogP contribution is -2.23. The number of H-pyrrole nitrogens is 1. The minimum Gasteiger partial charge on any atom is -0.315 e. The summed E-state index contributed by atoms with van der Waals surface area (Å²) in [4.78, 5) is 12.3. The van der Waals surface area contributed by atoms with Crippen LogP contribution in [-0.4, -0.2) is 19.3 Å². The number of aromatic nitrogens is 4. The zero-order chi connectivity index (χ0) is 13.3. The normalized spacial score (nSPS) is 11.1. The molecule has 0 fully saturated rings. The van der Waals surface area contributed by atoms with E-state index >= 15 is 0 Å². The molecule has 2 rings (SSSR count). The molecule has 0 saturated carbocycles. The lowest BCUT2D eigenvalue weighted by Gasteiger charge is -2.09. The van der Waals surface area contributed by atoms with Gasteiger partial charge in [-0.15, -0.1) is 0 Å². The maximum absolute atomic E-state index is 12.3. The molecule has 1 N–H and O–H groups in total. The maximum atomic E-state index is 12.3. The molecule has 2 aromatic heterocycles. The fourth-order valence-corrected chi connectivity index (χ4v) is 1.96. The summed E-state index contributed by atoms with van der Waals surface area (Å²) >= 11 is 5.06. The van der Waals surface area contributed by atoms with Crippen LogP contribution < -0.4 is 5.56 Å². The molecule has 2 heterocycles. The summed E-state index contributed by atoms with van der Waals surface area (Å²) in [6.07, 6.45) is 1.80. The number of hydrogen-bond acceptors (Lipinski definition) is 3. The quantitative estimate of drug-likeness (QED) is 0.862. The summed E-state index contributed by atoms with van der Waals surface area (Å²) in [5, 5.41) is 6.79. The van der Waals surface area contributed by atoms with Crippen molar-refractivity contribution in [3.8, 4) is 11.4 Å². The highest BCUT2D eigenvalue weighted by Gasteiger charge is 2.11. The molecule has 6 heteroatoms. The van der Waals surface area contributed by atoms with Gasteiger partial charge in [0, 0.05) is 19.8 Å². The van der Waals surface area contributed by atoms with E-state index in [4.69, 9.17) is 12.2 Å². The Morgan fingerprint density at radius 1 is 1.50 bits per heavy atom. The molecular weight excluding hydrogens is 248 g/mol. The highest BCUT2D eigenvalue weighted by Crippen LogP contribution is 2.11. The Kier molecular flexibility index (Phi) is 3.47. The van der Waals surface area contributed by atoms with E-state index in [1.54, 1.807) is 28.4 Å². The van der Waals surface area contributed by atoms with E-state index in [0.717, 1.165) is 0 Å². The van der Waals surface area contributed by atoms with Crippen LogP contribution in [0, 0.1) is 10.7 Å². The molecule has 0 bridgehead atoms. The molecule has 0 aliphatic carbocycles. The van der Waals surface area contributed by atoms with Gasteiger partial charge in [0.25, 0.3) is 5.56 Å². The van der Waals surface area contributed by atoms with E-state index in [1.165, 1.54) is 0 Å². The molecule has 0 spiro atoms. The van der Waals surface area contributed by atoms with Crippen LogP contribution in [0.4, 0.5) is 0 Å². The van der Waals surface area contributed by atoms with Crippen molar-refractivity contribution in [3.05, 3.63) is 33.5 Å². The maximum Gasteiger partial charge on any atom is 0.261 e. The number of nitrogens with one attached hydrogen (secondary N) is 1. The second-order valence-electron chi connectivity index (χ2n) is 4.68. The van der Waals surface area contributed by atoms with Crippen molar-refractivity contribution < 1.29 is 0 Å². The van der Waals surface area contributed by atoms with Crippen LogP contribution in [0.5, 0.6) is 0 Å². The minimum atomic E-state index is -0.0386. The summed E-state index contributed by atoms with van der Waals surface area (Å²) in [5.41, 5.74) is 0.524. The first-order chi connectivity index (χ1) is 8.50. The van der Waals surface area contributed by atoms with Crippen molar-refractivity contribution >= 4 is 12.2 Å². The second-order valence-corrected chi connectivity index (χ2v) is 5.07. The van der Waals surface area contributed by atoms with Crippen molar-refractivity contribution in [1.82, 2.24) is 19.3 Å². The smallest absolute Gasteiger partial charge is 0.261 e. The van der Waals surface area contributed by atoms with Crippen LogP contribution in [0.3, 0.4) is 0 Å². The molecule has 18 heavy (non-hydrogen) atoms. The highest BCUT2D eigenvalue weighted by molar-refractivity contribution is 7.71. The summed E-state index contributed by atoms with van der Waals surface area (Å²) in [5.74, 6) is 0.989. The van der Waals surface area contributed by atoms with Gasteiger partial charge in [0.05, 0.1) is 5.56 Å². The number of rotatable bonds is 3. The number of nitrogens with zero attached hydrogens (tertiary/aromatic N) is 3. The molecule has 96 valence electrons. The topological polar surface area (TPSA) is 55.6 Å². The van der Waals surface area contributed by atoms with Gasteiger partial charge in [-0.2, -0.15) is 5.10 Å². The van der Waals surface area contributed by atoms with Crippen LogP contribution in [0.2, 0.25) is 0 Å². The monoisotopic (exact) mass is 264 g/mol. The first-order valence-corrected chi connectivity index (χ1v) is 6.22. The van der Waals surface area contributed by atoms with Crippen molar-refractivity contribution in [2.75, 3.05) is 0 Å². The molecule has 0 atom stereocenters. The van der Waals surface area contributed by atoms with Gasteiger partial charge in [0.2, 0.25) is 0 Å². The lowest BCUT2D eigenvalue weighted by molar-refractivity contribution is 0.511. The molecule has 0 aliphatic rings. The Labute approximate surface area is 110 Å². The van der Waals surface area contributed by atoms with Crippen molar-refractivity contribution in [1.29, 1.82) is 0 Å². The van der Waals surface area contributed by atoms with Crippen LogP contribution in [0.1, 0.15) is 13.8 Å². The predicted octanol–water partition coefficient (Wildman–Crippen LogP) is 1.96. The third-order valence-corrected chi connectivity index (χ3v) is 3.07. The van der Waals surface area contributed by atoms with E-state index in [2.05, 4.69) is 24.0 Å². The van der Waals surface area contributed by atoms with E-state index in [0.29, 0.717) is 28.6 Å². The van der Waals surface area contributed by atoms with Crippen molar-refractivity contribution in [2.24, 2.45) is 13.0 Å². The summed E-state index contributed by atoms with van der Waals surface area (Å²) in [7, 11) is 1.79. The molecule has 0 saturated heterocycles. The van der Waals surface area contributed by atoms with Gasteiger partial charge in [0.1, 0.15) is 0 Å². The molecule has 0 aromatic carbocycles. The largest absolute Gasteiger partial charge is 0.315 e. The van der Waals surface area contributed by atoms with Crippen LogP contribution in [0.15, 0.2) is 23.1 Å². The van der Waals surface area contributed by atoms with E-state index in [-0.39, 0.29) is 5.56 Å². The highest BCUT2D eigenvalue weighted by atomic mass is 32.1. The van der Waals surface area contributed by atoms with Crippen LogP contribution >= 0.6 is 12.2 Å². The third-order valence-electron chi connectivity index (χ3n) is 2.70. The van der Waals surface area contributed by atoms with Crippen molar-refractivity contribution in [2.45, 2.75) is 20.4 Å². The fourth-order valence-electron chi connectivity index (χ4n) is 1.83. The van der Waals surface area contributed by atoms with Gasteiger partial charge in [0.15, 0.2) is 10.6 Å². The SMILES string of the molecule is CC(C)Cn1cccc(-c2n[nH]c(=S)n2C)c1=O. The zero-order valence-corrected chi connectivity index (χ0v) is 11.5. The van der Waals surface area contributed by atoms with Crippen molar-refractivity contribution in [3.63, 3.8) is 0 Å². The molecule has 0 aliphatic heterocycles. The van der Waals surface area contributed by atoms with Gasteiger partial charge < -0.3 is 9.13 Å². The zero-order valence-electron chi connectivity index (χ0n) is 10.7. The Morgan fingerprint density at radius 2 is 2.22 bits per heavy atom. The number of aromatic amines is 1. The van der Waals surface area contributed by atoms with E-state index in [9.17, 15) is 4.79 Å². The third kappa shape index (κ3) is 2.28. The Bertz CT molecular complexity index is 665. The molecule has 5 nitrogen and oxygen atoms in total. The van der Waals surface area contributed by atoms with Crippen LogP contribution in [0.25, 0.3) is 11.4 Å². The average Bonchev–Trinajstić information content (AvgIpc) is 2.63. The molecule has 0 amide bonds. The predicted molar refractivity (Wildman–Crippen MR) is 72.9 cm³/mol. The first kappa shape index (κ1) is 12.8. The molecule has 0 unspecified atom stereocenters. The molecule has 0 radical (unpaired) electrons. The van der Waals surface area contributed by atoms with E-state index < -0.39 is 0 Å². The van der Waals surface area contributed by atoms with Gasteiger partial charge in [-0.05, 0) is 30.3 Å². The number of hydrogen-bond donors (Lipinski definition) is 1. The lowest BCUT2D eigenvalue weighted by atomic mass is 10.2. The Morgan fingerprint density at radius 3 is 2.78 bits per heavy atom. The fraction of sp³-hybridized carbons (Fsp3) is 0.417. The molecule has 2 aromatic rings. The van der Waals surface area contributed by atoms with Gasteiger partial charge in [-0.1, -0.05) is 13.8 Å². The van der Waals surface area contributed by atoms with Gasteiger partial charge in [-0.3, -0.25) is 9.89 Å². The average molecular weight is 264 g/mol. The van der Waals surface area contributed by atoms with Gasteiger partial charge >= 0.3 is 0 Å². The summed E-state index contributed by atoms with van der Waals surface area (Å²) in [6.45, 7) is 4.85. The van der Waals surface area contributed by atoms with E-state index in [1.807, 2.05) is 6.07 Å². The second kappa shape index (κ2) is 4.89. The summed E-state index contributed by atoms with van der Waals surface area (Å²) < 4.78 is 3.91. The van der Waals surface area contributed by atoms with Crippen LogP contribution in [-0.2, 0) is 13.6 Å². The Balaban J connectivity index is 2.56. The Hall–Kier alpha value is -1.69. The summed E-state index contributed by atoms with van der Waals surface area (Å²) in [6, 6.07) is 3.63. The first-order valence-electron chi connectivity index (χ1n) is 5.82. The van der Waals surface area contributed by atoms with Gasteiger partial charge in [-0.25, -0.2) is 0 Å². The number of pyridine rings is 1. The minimum absolute atomic E-state index is 0.0386. The standard InChI is InChI=1S/C12H16N4OS/c1-8(2)7-16-6-4-5-9(11(16)17)10-13-14-12(18)15(10)3/h4-6,8H,7H2,1-3H3,(H,14,18). The molecular formula is C12H16N4OS.